The molecule has 1 saturated heterocycles. The summed E-state index contributed by atoms with van der Waals surface area (Å²) in [6.07, 6.45) is 4.79. The lowest BCUT2D eigenvalue weighted by Crippen LogP contribution is -2.09. The molecule has 2 nitrogen and oxygen atoms in total. The third-order valence-corrected chi connectivity index (χ3v) is 3.77. The quantitative estimate of drug-likeness (QED) is 0.731. The molecule has 2 N–H and O–H groups in total. The van der Waals surface area contributed by atoms with Crippen LogP contribution in [0.4, 0.5) is 0 Å². The molecule has 1 aromatic rings. The van der Waals surface area contributed by atoms with Crippen molar-refractivity contribution in [2.24, 2.45) is 0 Å². The first-order valence-corrected chi connectivity index (χ1v) is 5.90. The molecule has 0 spiro atoms. The topological polar surface area (TPSA) is 32.3 Å². The SMILES string of the molecule is Oc1ccc2c(c1C1CCNC1)CCC2. The first kappa shape index (κ1) is 9.22. The van der Waals surface area contributed by atoms with Gasteiger partial charge in [0.25, 0.3) is 0 Å². The molecule has 1 heterocycles. The zero-order chi connectivity index (χ0) is 10.3. The first-order valence-electron chi connectivity index (χ1n) is 5.90. The van der Waals surface area contributed by atoms with Gasteiger partial charge in [-0.25, -0.2) is 0 Å². The van der Waals surface area contributed by atoms with Gasteiger partial charge in [0.1, 0.15) is 5.75 Å². The maximum Gasteiger partial charge on any atom is 0.119 e. The van der Waals surface area contributed by atoms with Crippen molar-refractivity contribution in [2.75, 3.05) is 13.1 Å². The fraction of sp³-hybridized carbons (Fsp3) is 0.538. The first-order chi connectivity index (χ1) is 7.36. The van der Waals surface area contributed by atoms with E-state index in [0.717, 1.165) is 19.5 Å². The van der Waals surface area contributed by atoms with Crippen LogP contribution in [0, 0.1) is 0 Å². The highest BCUT2D eigenvalue weighted by Crippen LogP contribution is 2.38. The van der Waals surface area contributed by atoms with Crippen molar-refractivity contribution in [3.05, 3.63) is 28.8 Å². The van der Waals surface area contributed by atoms with Crippen molar-refractivity contribution in [2.45, 2.75) is 31.6 Å². The Hall–Kier alpha value is -1.02. The Morgan fingerprint density at radius 1 is 1.27 bits per heavy atom. The molecule has 1 unspecified atom stereocenters. The Morgan fingerprint density at radius 2 is 2.20 bits per heavy atom. The molecule has 1 aliphatic carbocycles. The van der Waals surface area contributed by atoms with Crippen LogP contribution in [0.3, 0.4) is 0 Å². The number of rotatable bonds is 1. The molecule has 0 saturated carbocycles. The standard InChI is InChI=1S/C13H17NO/c15-12-5-4-9-2-1-3-11(9)13(12)10-6-7-14-8-10/h4-5,10,14-15H,1-3,6-8H2. The molecule has 1 atom stereocenters. The highest BCUT2D eigenvalue weighted by molar-refractivity contribution is 5.49. The Balaban J connectivity index is 2.08. The average molecular weight is 203 g/mol. The van der Waals surface area contributed by atoms with E-state index < -0.39 is 0 Å². The summed E-state index contributed by atoms with van der Waals surface area (Å²) < 4.78 is 0. The van der Waals surface area contributed by atoms with Gasteiger partial charge in [-0.15, -0.1) is 0 Å². The number of fused-ring (bicyclic) bond motifs is 1. The van der Waals surface area contributed by atoms with E-state index in [1.54, 1.807) is 0 Å². The largest absolute Gasteiger partial charge is 0.508 e. The van der Waals surface area contributed by atoms with Gasteiger partial charge in [-0.2, -0.15) is 0 Å². The number of aryl methyl sites for hydroxylation is 1. The summed E-state index contributed by atoms with van der Waals surface area (Å²) in [6.45, 7) is 2.12. The molecule has 2 aliphatic rings. The predicted molar refractivity (Wildman–Crippen MR) is 60.4 cm³/mol. The summed E-state index contributed by atoms with van der Waals surface area (Å²) in [7, 11) is 0. The van der Waals surface area contributed by atoms with E-state index in [9.17, 15) is 5.11 Å². The van der Waals surface area contributed by atoms with Crippen molar-refractivity contribution in [1.82, 2.24) is 5.32 Å². The van der Waals surface area contributed by atoms with Gasteiger partial charge in [0.05, 0.1) is 0 Å². The minimum Gasteiger partial charge on any atom is -0.508 e. The number of hydrogen-bond acceptors (Lipinski definition) is 2. The highest BCUT2D eigenvalue weighted by atomic mass is 16.3. The summed E-state index contributed by atoms with van der Waals surface area (Å²) >= 11 is 0. The molecular formula is C13H17NO. The zero-order valence-corrected chi connectivity index (χ0v) is 8.92. The molecule has 0 amide bonds. The molecule has 15 heavy (non-hydrogen) atoms. The smallest absolute Gasteiger partial charge is 0.119 e. The molecule has 0 aromatic heterocycles. The van der Waals surface area contributed by atoms with E-state index in [0.29, 0.717) is 11.7 Å². The average Bonchev–Trinajstić information content (AvgIpc) is 2.85. The van der Waals surface area contributed by atoms with Crippen molar-refractivity contribution < 1.29 is 5.11 Å². The van der Waals surface area contributed by atoms with E-state index in [-0.39, 0.29) is 0 Å². The molecule has 0 radical (unpaired) electrons. The zero-order valence-electron chi connectivity index (χ0n) is 8.92. The summed E-state index contributed by atoms with van der Waals surface area (Å²) in [5.41, 5.74) is 4.16. The fourth-order valence-corrected chi connectivity index (χ4v) is 3.04. The summed E-state index contributed by atoms with van der Waals surface area (Å²) in [4.78, 5) is 0. The van der Waals surface area contributed by atoms with Crippen LogP contribution in [-0.4, -0.2) is 18.2 Å². The van der Waals surface area contributed by atoms with Gasteiger partial charge in [-0.1, -0.05) is 6.07 Å². The summed E-state index contributed by atoms with van der Waals surface area (Å²) in [5.74, 6) is 1.06. The van der Waals surface area contributed by atoms with Crippen molar-refractivity contribution >= 4 is 0 Å². The van der Waals surface area contributed by atoms with Crippen LogP contribution < -0.4 is 5.32 Å². The normalized spacial score (nSPS) is 24.4. The van der Waals surface area contributed by atoms with Gasteiger partial charge >= 0.3 is 0 Å². The van der Waals surface area contributed by atoms with Crippen LogP contribution in [0.5, 0.6) is 5.75 Å². The Labute approximate surface area is 90.3 Å². The van der Waals surface area contributed by atoms with E-state index in [4.69, 9.17) is 0 Å². The van der Waals surface area contributed by atoms with Gasteiger partial charge in [0.15, 0.2) is 0 Å². The van der Waals surface area contributed by atoms with Crippen LogP contribution in [0.25, 0.3) is 0 Å². The molecule has 0 bridgehead atoms. The number of hydrogen-bond donors (Lipinski definition) is 2. The minimum absolute atomic E-state index is 0.518. The van der Waals surface area contributed by atoms with Crippen LogP contribution in [0.15, 0.2) is 12.1 Å². The molecule has 1 aromatic carbocycles. The minimum atomic E-state index is 0.518. The Morgan fingerprint density at radius 3 is 3.00 bits per heavy atom. The van der Waals surface area contributed by atoms with Crippen LogP contribution >= 0.6 is 0 Å². The number of nitrogens with one attached hydrogen (secondary N) is 1. The van der Waals surface area contributed by atoms with Crippen molar-refractivity contribution in [1.29, 1.82) is 0 Å². The Bertz CT molecular complexity index is 380. The lowest BCUT2D eigenvalue weighted by Gasteiger charge is -2.16. The number of aromatic hydroxyl groups is 1. The third-order valence-electron chi connectivity index (χ3n) is 3.77. The molecular weight excluding hydrogens is 186 g/mol. The van der Waals surface area contributed by atoms with Gasteiger partial charge in [-0.3, -0.25) is 0 Å². The highest BCUT2D eigenvalue weighted by Gasteiger charge is 2.25. The van der Waals surface area contributed by atoms with E-state index >= 15 is 0 Å². The van der Waals surface area contributed by atoms with Crippen LogP contribution in [-0.2, 0) is 12.8 Å². The molecule has 1 aliphatic heterocycles. The number of phenols is 1. The van der Waals surface area contributed by atoms with Crippen molar-refractivity contribution in [3.8, 4) is 5.75 Å². The fourth-order valence-electron chi connectivity index (χ4n) is 3.04. The monoisotopic (exact) mass is 203 g/mol. The van der Waals surface area contributed by atoms with Crippen molar-refractivity contribution in [3.63, 3.8) is 0 Å². The summed E-state index contributed by atoms with van der Waals surface area (Å²) in [6, 6.07) is 3.99. The third kappa shape index (κ3) is 1.44. The lowest BCUT2D eigenvalue weighted by molar-refractivity contribution is 0.461. The van der Waals surface area contributed by atoms with Gasteiger partial charge in [-0.05, 0) is 49.4 Å². The molecule has 1 fully saturated rings. The van der Waals surface area contributed by atoms with Gasteiger partial charge < -0.3 is 10.4 Å². The van der Waals surface area contributed by atoms with Gasteiger partial charge in [0, 0.05) is 18.0 Å². The van der Waals surface area contributed by atoms with E-state index in [1.165, 1.54) is 36.0 Å². The van der Waals surface area contributed by atoms with E-state index in [1.807, 2.05) is 6.07 Å². The molecule has 3 rings (SSSR count). The van der Waals surface area contributed by atoms with Gasteiger partial charge in [0.2, 0.25) is 0 Å². The van der Waals surface area contributed by atoms with E-state index in [2.05, 4.69) is 11.4 Å². The number of benzene rings is 1. The Kier molecular flexibility index (Phi) is 2.17. The maximum atomic E-state index is 10.0. The second-order valence-electron chi connectivity index (χ2n) is 4.68. The van der Waals surface area contributed by atoms with Crippen LogP contribution in [0.2, 0.25) is 0 Å². The second-order valence-corrected chi connectivity index (χ2v) is 4.68. The second kappa shape index (κ2) is 3.53. The molecule has 80 valence electrons. The summed E-state index contributed by atoms with van der Waals surface area (Å²) in [5, 5.41) is 13.4. The van der Waals surface area contributed by atoms with Crippen LogP contribution in [0.1, 0.15) is 35.4 Å². The molecule has 2 heteroatoms. The maximum absolute atomic E-state index is 10.0. The predicted octanol–water partition coefficient (Wildman–Crippen LogP) is 1.96. The number of phenolic OH excluding ortho intramolecular Hbond substituents is 1. The lowest BCUT2D eigenvalue weighted by atomic mass is 9.90.